The number of rotatable bonds is 2. The van der Waals surface area contributed by atoms with Gasteiger partial charge in [0.05, 0.1) is 19.3 Å². The molecule has 1 fully saturated rings. The first-order valence-electron chi connectivity index (χ1n) is 5.66. The number of morpholine rings is 1. The first kappa shape index (κ1) is 13.8. The molecule has 0 N–H and O–H groups in total. The highest BCUT2D eigenvalue weighted by molar-refractivity contribution is 5.82. The van der Waals surface area contributed by atoms with Gasteiger partial charge >= 0.3 is 6.09 Å². The van der Waals surface area contributed by atoms with E-state index < -0.39 is 6.09 Å². The van der Waals surface area contributed by atoms with E-state index in [0.717, 1.165) is 0 Å². The molecule has 1 aliphatic rings. The number of carbonyl (C=O) groups is 2. The zero-order chi connectivity index (χ0) is 13.0. The highest BCUT2D eigenvalue weighted by Gasteiger charge is 2.27. The minimum atomic E-state index is -0.507. The van der Waals surface area contributed by atoms with Crippen molar-refractivity contribution in [3.8, 4) is 0 Å². The molecule has 0 aromatic carbocycles. The van der Waals surface area contributed by atoms with Gasteiger partial charge in [0.25, 0.3) is 0 Å². The van der Waals surface area contributed by atoms with Crippen molar-refractivity contribution in [2.45, 2.75) is 26.1 Å². The molecule has 0 radical (unpaired) electrons. The topological polar surface area (TPSA) is 59.1 Å². The Bertz CT molecular complexity index is 285. The summed E-state index contributed by atoms with van der Waals surface area (Å²) in [5.41, 5.74) is 0. The summed E-state index contributed by atoms with van der Waals surface area (Å²) < 4.78 is 10.1. The number of hydrogen-bond donors (Lipinski definition) is 0. The maximum absolute atomic E-state index is 11.9. The lowest BCUT2D eigenvalue weighted by molar-refractivity contribution is -0.143. The van der Waals surface area contributed by atoms with Crippen LogP contribution >= 0.6 is 0 Å². The highest BCUT2D eigenvalue weighted by Crippen LogP contribution is 2.10. The van der Waals surface area contributed by atoms with Gasteiger partial charge in [-0.1, -0.05) is 0 Å². The summed E-state index contributed by atoms with van der Waals surface area (Å²) in [7, 11) is 2.83. The van der Waals surface area contributed by atoms with Crippen LogP contribution in [0.5, 0.6) is 0 Å². The van der Waals surface area contributed by atoms with E-state index in [1.165, 1.54) is 19.1 Å². The van der Waals surface area contributed by atoms with Crippen LogP contribution in [0.25, 0.3) is 0 Å². The molecule has 6 nitrogen and oxygen atoms in total. The molecule has 0 spiro atoms. The fourth-order valence-corrected chi connectivity index (χ4v) is 1.90. The Hall–Kier alpha value is -1.30. The van der Waals surface area contributed by atoms with E-state index in [9.17, 15) is 9.59 Å². The van der Waals surface area contributed by atoms with Crippen LogP contribution < -0.4 is 0 Å². The minimum absolute atomic E-state index is 0.0335. The van der Waals surface area contributed by atoms with Crippen LogP contribution in [0.15, 0.2) is 0 Å². The Balaban J connectivity index is 2.49. The van der Waals surface area contributed by atoms with Crippen molar-refractivity contribution in [1.82, 2.24) is 9.80 Å². The Morgan fingerprint density at radius 1 is 1.35 bits per heavy atom. The summed E-state index contributed by atoms with van der Waals surface area (Å²) >= 11 is 0. The first-order chi connectivity index (χ1) is 7.93. The monoisotopic (exact) mass is 244 g/mol. The summed E-state index contributed by atoms with van der Waals surface area (Å²) in [5, 5.41) is 0. The van der Waals surface area contributed by atoms with E-state index >= 15 is 0 Å². The van der Waals surface area contributed by atoms with Crippen molar-refractivity contribution in [2.75, 3.05) is 33.8 Å². The maximum Gasteiger partial charge on any atom is 0.409 e. The number of carbonyl (C=O) groups excluding carboxylic acids is 2. The van der Waals surface area contributed by atoms with E-state index in [1.807, 2.05) is 13.8 Å². The zero-order valence-electron chi connectivity index (χ0n) is 10.8. The SMILES string of the molecule is COC(=O)N(C)CC(=O)N1C[C@@H](C)O[C@@H](C)C1. The number of hydrogen-bond acceptors (Lipinski definition) is 4. The Morgan fingerprint density at radius 3 is 2.35 bits per heavy atom. The van der Waals surface area contributed by atoms with Crippen molar-refractivity contribution in [2.24, 2.45) is 0 Å². The summed E-state index contributed by atoms with van der Waals surface area (Å²) in [5.74, 6) is -0.0834. The van der Waals surface area contributed by atoms with Gasteiger partial charge < -0.3 is 19.3 Å². The van der Waals surface area contributed by atoms with Gasteiger partial charge in [-0.05, 0) is 13.8 Å². The molecule has 1 rings (SSSR count). The third kappa shape index (κ3) is 3.89. The number of methoxy groups -OCH3 is 1. The van der Waals surface area contributed by atoms with Gasteiger partial charge in [-0.15, -0.1) is 0 Å². The molecule has 0 aromatic heterocycles. The predicted octanol–water partition coefficient (Wildman–Crippen LogP) is 0.320. The Kier molecular flexibility index (Phi) is 4.74. The van der Waals surface area contributed by atoms with Gasteiger partial charge in [0.2, 0.25) is 5.91 Å². The van der Waals surface area contributed by atoms with Gasteiger partial charge in [-0.2, -0.15) is 0 Å². The lowest BCUT2D eigenvalue weighted by Gasteiger charge is -2.35. The number of likely N-dealkylation sites (N-methyl/N-ethyl adjacent to an activating group) is 1. The third-order valence-corrected chi connectivity index (χ3v) is 2.63. The normalized spacial score (nSPS) is 24.4. The van der Waals surface area contributed by atoms with E-state index in [2.05, 4.69) is 4.74 Å². The van der Waals surface area contributed by atoms with Crippen molar-refractivity contribution < 1.29 is 19.1 Å². The van der Waals surface area contributed by atoms with E-state index in [4.69, 9.17) is 4.74 Å². The van der Waals surface area contributed by atoms with Gasteiger partial charge in [0.1, 0.15) is 6.54 Å². The number of amides is 2. The van der Waals surface area contributed by atoms with Crippen LogP contribution in [0.3, 0.4) is 0 Å². The van der Waals surface area contributed by atoms with Gasteiger partial charge in [-0.3, -0.25) is 4.79 Å². The zero-order valence-corrected chi connectivity index (χ0v) is 10.8. The predicted molar refractivity (Wildman–Crippen MR) is 61.6 cm³/mol. The smallest absolute Gasteiger partial charge is 0.409 e. The molecule has 0 aromatic rings. The molecule has 0 bridgehead atoms. The Labute approximate surface area is 101 Å². The second-order valence-electron chi connectivity index (χ2n) is 4.38. The van der Waals surface area contributed by atoms with Crippen LogP contribution in [0.2, 0.25) is 0 Å². The Morgan fingerprint density at radius 2 is 1.88 bits per heavy atom. The highest BCUT2D eigenvalue weighted by atomic mass is 16.5. The molecule has 1 heterocycles. The lowest BCUT2D eigenvalue weighted by Crippen LogP contribution is -2.51. The van der Waals surface area contributed by atoms with Crippen LogP contribution in [0, 0.1) is 0 Å². The van der Waals surface area contributed by atoms with Crippen LogP contribution in [-0.4, -0.2) is 67.8 Å². The lowest BCUT2D eigenvalue weighted by atomic mass is 10.2. The van der Waals surface area contributed by atoms with Crippen LogP contribution in [0.4, 0.5) is 4.79 Å². The van der Waals surface area contributed by atoms with Crippen molar-refractivity contribution >= 4 is 12.0 Å². The molecule has 2 atom stereocenters. The van der Waals surface area contributed by atoms with Crippen molar-refractivity contribution in [1.29, 1.82) is 0 Å². The molecule has 0 saturated carbocycles. The van der Waals surface area contributed by atoms with Crippen molar-refractivity contribution in [3.63, 3.8) is 0 Å². The quantitative estimate of drug-likeness (QED) is 0.702. The summed E-state index contributed by atoms with van der Waals surface area (Å²) in [6.07, 6.45) is -0.440. The molecule has 1 aliphatic heterocycles. The van der Waals surface area contributed by atoms with Gasteiger partial charge in [0.15, 0.2) is 0 Å². The molecule has 2 amide bonds. The summed E-state index contributed by atoms with van der Waals surface area (Å²) in [6, 6.07) is 0. The fourth-order valence-electron chi connectivity index (χ4n) is 1.90. The standard InChI is InChI=1S/C11H20N2O4/c1-8-5-13(6-9(2)17-8)10(14)7-12(3)11(15)16-4/h8-9H,5-7H2,1-4H3/t8-,9+. The molecule has 6 heteroatoms. The number of nitrogens with zero attached hydrogens (tertiary/aromatic N) is 2. The molecule has 98 valence electrons. The van der Waals surface area contributed by atoms with Crippen LogP contribution in [0.1, 0.15) is 13.8 Å². The summed E-state index contributed by atoms with van der Waals surface area (Å²) in [4.78, 5) is 26.1. The average molecular weight is 244 g/mol. The van der Waals surface area contributed by atoms with Gasteiger partial charge in [0, 0.05) is 20.1 Å². The third-order valence-electron chi connectivity index (χ3n) is 2.63. The van der Waals surface area contributed by atoms with Gasteiger partial charge in [-0.25, -0.2) is 4.79 Å². The maximum atomic E-state index is 11.9. The first-order valence-corrected chi connectivity index (χ1v) is 5.66. The van der Waals surface area contributed by atoms with Crippen LogP contribution in [-0.2, 0) is 14.3 Å². The molecule has 1 saturated heterocycles. The number of ether oxygens (including phenoxy) is 2. The van der Waals surface area contributed by atoms with E-state index in [0.29, 0.717) is 13.1 Å². The molecule has 17 heavy (non-hydrogen) atoms. The molecular weight excluding hydrogens is 224 g/mol. The summed E-state index contributed by atoms with van der Waals surface area (Å²) in [6.45, 7) is 5.03. The van der Waals surface area contributed by atoms with E-state index in [-0.39, 0.29) is 24.7 Å². The second-order valence-corrected chi connectivity index (χ2v) is 4.38. The fraction of sp³-hybridized carbons (Fsp3) is 0.818. The molecule has 0 aliphatic carbocycles. The van der Waals surface area contributed by atoms with Crippen molar-refractivity contribution in [3.05, 3.63) is 0 Å². The molecule has 0 unspecified atom stereocenters. The average Bonchev–Trinajstić information content (AvgIpc) is 2.26. The minimum Gasteiger partial charge on any atom is -0.453 e. The second kappa shape index (κ2) is 5.86. The van der Waals surface area contributed by atoms with E-state index in [1.54, 1.807) is 4.90 Å². The molecular formula is C11H20N2O4. The largest absolute Gasteiger partial charge is 0.453 e.